The van der Waals surface area contributed by atoms with E-state index in [0.29, 0.717) is 0 Å². The fraction of sp³-hybridized carbons (Fsp3) is 0.222. The first-order chi connectivity index (χ1) is 7.36. The van der Waals surface area contributed by atoms with Gasteiger partial charge in [-0.3, -0.25) is 10.1 Å². The highest BCUT2D eigenvalue weighted by atomic mass is 35.5. The van der Waals surface area contributed by atoms with Gasteiger partial charge in [-0.25, -0.2) is 4.79 Å². The number of benzene rings is 1. The maximum absolute atomic E-state index is 10.6. The fourth-order valence-electron chi connectivity index (χ4n) is 1.26. The maximum Gasteiger partial charge on any atom is 0.337 e. The Morgan fingerprint density at radius 3 is 2.56 bits per heavy atom. The van der Waals surface area contributed by atoms with Crippen molar-refractivity contribution in [1.29, 1.82) is 0 Å². The molecule has 0 saturated heterocycles. The van der Waals surface area contributed by atoms with Crippen molar-refractivity contribution >= 4 is 23.3 Å². The lowest BCUT2D eigenvalue weighted by molar-refractivity contribution is -0.384. The first-order valence-corrected chi connectivity index (χ1v) is 4.58. The number of aliphatic hydroxyl groups excluding tert-OH is 1. The summed E-state index contributed by atoms with van der Waals surface area (Å²) in [6.45, 7) is 1.41. The minimum Gasteiger partial charge on any atom is -0.479 e. The quantitative estimate of drug-likeness (QED) is 0.623. The zero-order valence-corrected chi connectivity index (χ0v) is 8.93. The fourth-order valence-corrected chi connectivity index (χ4v) is 1.50. The number of carboxylic acid groups (broad SMARTS) is 1. The van der Waals surface area contributed by atoms with Gasteiger partial charge in [0, 0.05) is 6.07 Å². The van der Waals surface area contributed by atoms with E-state index in [9.17, 15) is 20.0 Å². The Hall–Kier alpha value is -1.66. The van der Waals surface area contributed by atoms with E-state index in [4.69, 9.17) is 16.7 Å². The summed E-state index contributed by atoms with van der Waals surface area (Å²) in [4.78, 5) is 20.4. The maximum atomic E-state index is 10.6. The molecule has 86 valence electrons. The van der Waals surface area contributed by atoms with Gasteiger partial charge in [-0.15, -0.1) is 0 Å². The van der Waals surface area contributed by atoms with Crippen molar-refractivity contribution in [2.75, 3.05) is 0 Å². The van der Waals surface area contributed by atoms with E-state index in [1.807, 2.05) is 0 Å². The summed E-state index contributed by atoms with van der Waals surface area (Å²) in [6.07, 6.45) is -1.74. The third-order valence-corrected chi connectivity index (χ3v) is 2.61. The number of nitro groups is 1. The van der Waals surface area contributed by atoms with E-state index in [-0.39, 0.29) is 21.8 Å². The number of aliphatic carboxylic acids is 1. The molecule has 0 aromatic heterocycles. The molecule has 0 heterocycles. The Morgan fingerprint density at radius 1 is 1.56 bits per heavy atom. The van der Waals surface area contributed by atoms with E-state index < -0.39 is 17.0 Å². The van der Waals surface area contributed by atoms with Crippen LogP contribution in [0.25, 0.3) is 0 Å². The molecule has 0 aliphatic heterocycles. The second kappa shape index (κ2) is 4.46. The van der Waals surface area contributed by atoms with Crippen molar-refractivity contribution < 1.29 is 19.9 Å². The number of nitro benzene ring substituents is 1. The topological polar surface area (TPSA) is 101 Å². The molecule has 6 nitrogen and oxygen atoms in total. The van der Waals surface area contributed by atoms with Gasteiger partial charge in [0.05, 0.1) is 4.92 Å². The van der Waals surface area contributed by atoms with Gasteiger partial charge in [-0.1, -0.05) is 11.6 Å². The number of carboxylic acids is 1. The highest BCUT2D eigenvalue weighted by Gasteiger charge is 2.23. The van der Waals surface area contributed by atoms with Gasteiger partial charge in [0.1, 0.15) is 5.02 Å². The molecule has 0 spiro atoms. The van der Waals surface area contributed by atoms with Crippen LogP contribution in [0.4, 0.5) is 5.69 Å². The number of nitrogens with zero attached hydrogens (tertiary/aromatic N) is 1. The zero-order chi connectivity index (χ0) is 12.5. The lowest BCUT2D eigenvalue weighted by atomic mass is 10.0. The van der Waals surface area contributed by atoms with Crippen LogP contribution < -0.4 is 0 Å². The Labute approximate surface area is 95.2 Å². The summed E-state index contributed by atoms with van der Waals surface area (Å²) in [6, 6.07) is 2.24. The SMILES string of the molecule is Cc1c(C(O)C(=O)O)ccc([N+](=O)[O-])c1Cl. The van der Waals surface area contributed by atoms with Gasteiger partial charge in [0.15, 0.2) is 6.10 Å². The van der Waals surface area contributed by atoms with Gasteiger partial charge < -0.3 is 10.2 Å². The standard InChI is InChI=1S/C9H8ClNO5/c1-4-5(8(12)9(13)14)2-3-6(7(4)10)11(15)16/h2-3,8,12H,1H3,(H,13,14). The summed E-state index contributed by atoms with van der Waals surface area (Å²) < 4.78 is 0. The first-order valence-electron chi connectivity index (χ1n) is 4.20. The molecule has 1 aromatic rings. The van der Waals surface area contributed by atoms with Gasteiger partial charge in [-0.05, 0) is 24.1 Å². The van der Waals surface area contributed by atoms with Crippen molar-refractivity contribution in [1.82, 2.24) is 0 Å². The average Bonchev–Trinajstić information content (AvgIpc) is 2.20. The number of rotatable bonds is 3. The highest BCUT2D eigenvalue weighted by Crippen LogP contribution is 2.32. The molecular formula is C9H8ClNO5. The van der Waals surface area contributed by atoms with Crippen LogP contribution in [0.1, 0.15) is 17.2 Å². The third kappa shape index (κ3) is 2.12. The molecule has 1 rings (SSSR count). The second-order valence-electron chi connectivity index (χ2n) is 3.11. The molecule has 0 amide bonds. The Bertz CT molecular complexity index is 459. The normalized spacial score (nSPS) is 12.2. The molecule has 0 radical (unpaired) electrons. The van der Waals surface area contributed by atoms with Crippen molar-refractivity contribution in [2.45, 2.75) is 13.0 Å². The van der Waals surface area contributed by atoms with E-state index >= 15 is 0 Å². The summed E-state index contributed by atoms with van der Waals surface area (Å²) in [7, 11) is 0. The molecule has 0 aliphatic carbocycles. The second-order valence-corrected chi connectivity index (χ2v) is 3.49. The summed E-state index contributed by atoms with van der Waals surface area (Å²) >= 11 is 5.70. The minimum absolute atomic E-state index is 0.0445. The van der Waals surface area contributed by atoms with Crippen LogP contribution in [0.2, 0.25) is 5.02 Å². The van der Waals surface area contributed by atoms with Crippen LogP contribution in [0.5, 0.6) is 0 Å². The Balaban J connectivity index is 3.32. The van der Waals surface area contributed by atoms with Gasteiger partial charge in [0.25, 0.3) is 5.69 Å². The predicted molar refractivity (Wildman–Crippen MR) is 55.4 cm³/mol. The molecule has 0 aliphatic rings. The summed E-state index contributed by atoms with van der Waals surface area (Å²) in [5.41, 5.74) is -0.0885. The summed E-state index contributed by atoms with van der Waals surface area (Å²) in [5, 5.41) is 28.3. The van der Waals surface area contributed by atoms with Crippen molar-refractivity contribution in [3.8, 4) is 0 Å². The third-order valence-electron chi connectivity index (χ3n) is 2.13. The monoisotopic (exact) mass is 245 g/mol. The van der Waals surface area contributed by atoms with E-state index in [0.717, 1.165) is 6.07 Å². The lowest BCUT2D eigenvalue weighted by Crippen LogP contribution is -2.12. The minimum atomic E-state index is -1.74. The molecule has 0 bridgehead atoms. The van der Waals surface area contributed by atoms with Crippen LogP contribution >= 0.6 is 11.6 Å². The molecular weight excluding hydrogens is 238 g/mol. The van der Waals surface area contributed by atoms with Gasteiger partial charge >= 0.3 is 5.97 Å². The number of halogens is 1. The lowest BCUT2D eigenvalue weighted by Gasteiger charge is -2.10. The molecule has 7 heteroatoms. The molecule has 1 aromatic carbocycles. The van der Waals surface area contributed by atoms with Crippen LogP contribution in [0.3, 0.4) is 0 Å². The van der Waals surface area contributed by atoms with Crippen molar-refractivity contribution in [3.05, 3.63) is 38.4 Å². The smallest absolute Gasteiger partial charge is 0.337 e. The zero-order valence-electron chi connectivity index (χ0n) is 8.18. The summed E-state index contributed by atoms with van der Waals surface area (Å²) in [5.74, 6) is -1.44. The van der Waals surface area contributed by atoms with Crippen LogP contribution in [0, 0.1) is 17.0 Å². The highest BCUT2D eigenvalue weighted by molar-refractivity contribution is 6.33. The largest absolute Gasteiger partial charge is 0.479 e. The molecule has 0 fully saturated rings. The molecule has 2 N–H and O–H groups in total. The van der Waals surface area contributed by atoms with E-state index in [2.05, 4.69) is 0 Å². The van der Waals surface area contributed by atoms with Crippen LogP contribution in [0.15, 0.2) is 12.1 Å². The van der Waals surface area contributed by atoms with E-state index in [1.54, 1.807) is 0 Å². The van der Waals surface area contributed by atoms with Crippen LogP contribution in [-0.2, 0) is 4.79 Å². The number of carbonyl (C=O) groups is 1. The average molecular weight is 246 g/mol. The Morgan fingerprint density at radius 2 is 2.12 bits per heavy atom. The van der Waals surface area contributed by atoms with Crippen LogP contribution in [-0.4, -0.2) is 21.1 Å². The van der Waals surface area contributed by atoms with E-state index in [1.165, 1.54) is 13.0 Å². The first kappa shape index (κ1) is 12.4. The molecule has 16 heavy (non-hydrogen) atoms. The number of aliphatic hydroxyl groups is 1. The van der Waals surface area contributed by atoms with Crippen molar-refractivity contribution in [3.63, 3.8) is 0 Å². The van der Waals surface area contributed by atoms with Gasteiger partial charge in [0.2, 0.25) is 0 Å². The molecule has 0 saturated carbocycles. The van der Waals surface area contributed by atoms with Gasteiger partial charge in [-0.2, -0.15) is 0 Å². The predicted octanol–water partition coefficient (Wildman–Crippen LogP) is 1.67. The Kier molecular flexibility index (Phi) is 3.46. The van der Waals surface area contributed by atoms with Crippen molar-refractivity contribution in [2.24, 2.45) is 0 Å². The number of hydrogen-bond donors (Lipinski definition) is 2. The molecule has 1 unspecified atom stereocenters. The molecule has 1 atom stereocenters. The number of hydrogen-bond acceptors (Lipinski definition) is 4.